The molecule has 204 valence electrons. The van der Waals surface area contributed by atoms with E-state index in [1.807, 2.05) is 79.7 Å². The molecule has 5 rings (SSSR count). The zero-order valence-electron chi connectivity index (χ0n) is 23.1. The molecular weight excluding hydrogens is 520 g/mol. The Hall–Kier alpha value is -4.23. The highest BCUT2D eigenvalue weighted by Gasteiger charge is 2.35. The maximum Gasteiger partial charge on any atom is 0.338 e. The van der Waals surface area contributed by atoms with Gasteiger partial charge in [-0.2, -0.15) is 0 Å². The Bertz CT molecular complexity index is 1730. The van der Waals surface area contributed by atoms with E-state index in [1.165, 1.54) is 16.9 Å². The minimum Gasteiger partial charge on any atom is -0.494 e. The zero-order valence-corrected chi connectivity index (χ0v) is 23.9. The molecule has 0 N–H and O–H groups in total. The highest BCUT2D eigenvalue weighted by atomic mass is 32.1. The maximum atomic E-state index is 14.0. The molecule has 1 aliphatic rings. The Morgan fingerprint density at radius 1 is 1.00 bits per heavy atom. The lowest BCUT2D eigenvalue weighted by atomic mass is 9.91. The molecular formula is C33H32N2O4S. The summed E-state index contributed by atoms with van der Waals surface area (Å²) in [6, 6.07) is 24.6. The number of rotatable bonds is 8. The van der Waals surface area contributed by atoms with E-state index in [-0.39, 0.29) is 12.2 Å². The molecule has 0 bridgehead atoms. The van der Waals surface area contributed by atoms with E-state index >= 15 is 0 Å². The fourth-order valence-electron chi connectivity index (χ4n) is 4.83. The van der Waals surface area contributed by atoms with Crippen molar-refractivity contribution >= 4 is 29.1 Å². The third-order valence-electron chi connectivity index (χ3n) is 6.76. The van der Waals surface area contributed by atoms with Gasteiger partial charge in [0.25, 0.3) is 5.56 Å². The van der Waals surface area contributed by atoms with Crippen LogP contribution in [-0.2, 0) is 9.53 Å². The summed E-state index contributed by atoms with van der Waals surface area (Å²) in [6.07, 6.45) is 1.85. The van der Waals surface area contributed by atoms with E-state index in [0.29, 0.717) is 33.1 Å². The zero-order chi connectivity index (χ0) is 28.2. The number of ether oxygens (including phenoxy) is 2. The second-order valence-electron chi connectivity index (χ2n) is 9.76. The lowest BCUT2D eigenvalue weighted by Crippen LogP contribution is -2.40. The van der Waals surface area contributed by atoms with Crippen LogP contribution in [0.25, 0.3) is 11.8 Å². The number of carbonyl (C=O) groups is 1. The highest BCUT2D eigenvalue weighted by Crippen LogP contribution is 2.35. The first-order valence-corrected chi connectivity index (χ1v) is 14.3. The van der Waals surface area contributed by atoms with E-state index in [9.17, 15) is 9.59 Å². The highest BCUT2D eigenvalue weighted by molar-refractivity contribution is 7.07. The molecule has 40 heavy (non-hydrogen) atoms. The quantitative estimate of drug-likeness (QED) is 0.272. The van der Waals surface area contributed by atoms with Crippen molar-refractivity contribution in [3.05, 3.63) is 126 Å². The molecule has 0 saturated heterocycles. The third kappa shape index (κ3) is 5.42. The molecule has 2 heterocycles. The molecule has 0 radical (unpaired) electrons. The number of esters is 1. The summed E-state index contributed by atoms with van der Waals surface area (Å²) >= 11 is 1.31. The average molecular weight is 553 g/mol. The van der Waals surface area contributed by atoms with Crippen molar-refractivity contribution in [2.45, 2.75) is 39.7 Å². The number of hydrogen-bond acceptors (Lipinski definition) is 6. The summed E-state index contributed by atoms with van der Waals surface area (Å²) in [5.74, 6) is 0.605. The predicted octanol–water partition coefficient (Wildman–Crippen LogP) is 5.46. The Morgan fingerprint density at radius 3 is 2.42 bits per heavy atom. The monoisotopic (exact) mass is 552 g/mol. The number of carbonyl (C=O) groups excluding carboxylic acids is 1. The number of aromatic nitrogens is 1. The molecule has 7 heteroatoms. The first kappa shape index (κ1) is 27.3. The van der Waals surface area contributed by atoms with Crippen LogP contribution < -0.4 is 19.6 Å². The van der Waals surface area contributed by atoms with Crippen molar-refractivity contribution in [2.75, 3.05) is 13.2 Å². The van der Waals surface area contributed by atoms with Crippen molar-refractivity contribution in [2.24, 2.45) is 4.99 Å². The van der Waals surface area contributed by atoms with Gasteiger partial charge in [-0.1, -0.05) is 91.9 Å². The number of nitrogens with zero attached hydrogens (tertiary/aromatic N) is 2. The Balaban J connectivity index is 1.78. The minimum atomic E-state index is -0.691. The van der Waals surface area contributed by atoms with Crippen LogP contribution in [0, 0.1) is 0 Å². The summed E-state index contributed by atoms with van der Waals surface area (Å²) in [4.78, 5) is 33.1. The second-order valence-corrected chi connectivity index (χ2v) is 10.8. The van der Waals surface area contributed by atoms with Gasteiger partial charge >= 0.3 is 5.97 Å². The van der Waals surface area contributed by atoms with Gasteiger partial charge in [0.2, 0.25) is 0 Å². The molecule has 0 unspecified atom stereocenters. The maximum absolute atomic E-state index is 14.0. The van der Waals surface area contributed by atoms with Crippen molar-refractivity contribution < 1.29 is 14.3 Å². The molecule has 1 aliphatic heterocycles. The standard InChI is InChI=1S/C33H32N2O4S/c1-5-38-26-14-10-11-22(19-26)20-27-31(36)35-30(25-17-15-23(16-18-25)21(3)4)28(32(37)39-6-2)29(34-33(35)40-27)24-12-8-7-9-13-24/h7-21,30H,5-6H2,1-4H3/b27-20-/t30-/m0/s1. The lowest BCUT2D eigenvalue weighted by Gasteiger charge is -2.26. The Kier molecular flexibility index (Phi) is 8.12. The van der Waals surface area contributed by atoms with Gasteiger partial charge in [0.15, 0.2) is 4.80 Å². The summed E-state index contributed by atoms with van der Waals surface area (Å²) in [7, 11) is 0. The summed E-state index contributed by atoms with van der Waals surface area (Å²) in [6.45, 7) is 8.75. The number of hydrogen-bond donors (Lipinski definition) is 0. The summed E-state index contributed by atoms with van der Waals surface area (Å²) < 4.78 is 13.3. The Morgan fingerprint density at radius 2 is 1.75 bits per heavy atom. The van der Waals surface area contributed by atoms with Crippen LogP contribution in [0.15, 0.2) is 94.2 Å². The molecule has 1 aromatic heterocycles. The molecule has 0 aliphatic carbocycles. The molecule has 0 spiro atoms. The smallest absolute Gasteiger partial charge is 0.338 e. The first-order valence-electron chi connectivity index (χ1n) is 13.5. The van der Waals surface area contributed by atoms with Crippen LogP contribution in [-0.4, -0.2) is 23.8 Å². The molecule has 0 saturated carbocycles. The van der Waals surface area contributed by atoms with Gasteiger partial charge in [-0.25, -0.2) is 9.79 Å². The normalized spacial score (nSPS) is 15.1. The van der Waals surface area contributed by atoms with Crippen molar-refractivity contribution in [1.82, 2.24) is 4.57 Å². The number of benzene rings is 3. The molecule has 6 nitrogen and oxygen atoms in total. The number of fused-ring (bicyclic) bond motifs is 1. The third-order valence-corrected chi connectivity index (χ3v) is 7.74. The van der Waals surface area contributed by atoms with Crippen LogP contribution in [0.1, 0.15) is 61.9 Å². The fraction of sp³-hybridized carbons (Fsp3) is 0.242. The van der Waals surface area contributed by atoms with E-state index in [0.717, 1.165) is 22.4 Å². The van der Waals surface area contributed by atoms with Crippen LogP contribution >= 0.6 is 11.3 Å². The largest absolute Gasteiger partial charge is 0.494 e. The van der Waals surface area contributed by atoms with Crippen molar-refractivity contribution in [3.63, 3.8) is 0 Å². The van der Waals surface area contributed by atoms with Crippen LogP contribution in [0.4, 0.5) is 0 Å². The van der Waals surface area contributed by atoms with E-state index in [4.69, 9.17) is 14.5 Å². The first-order chi connectivity index (χ1) is 19.4. The van der Waals surface area contributed by atoms with Gasteiger partial charge in [0, 0.05) is 5.56 Å². The van der Waals surface area contributed by atoms with Crippen LogP contribution in [0.2, 0.25) is 0 Å². The van der Waals surface area contributed by atoms with Crippen molar-refractivity contribution in [1.29, 1.82) is 0 Å². The molecule has 0 fully saturated rings. The van der Waals surface area contributed by atoms with Gasteiger partial charge < -0.3 is 9.47 Å². The van der Waals surface area contributed by atoms with Gasteiger partial charge in [-0.15, -0.1) is 0 Å². The lowest BCUT2D eigenvalue weighted by molar-refractivity contribution is -0.138. The van der Waals surface area contributed by atoms with Crippen LogP contribution in [0.3, 0.4) is 0 Å². The van der Waals surface area contributed by atoms with E-state index in [1.54, 1.807) is 11.5 Å². The molecule has 3 aromatic carbocycles. The number of thiazole rings is 1. The van der Waals surface area contributed by atoms with Crippen LogP contribution in [0.5, 0.6) is 5.75 Å². The van der Waals surface area contributed by atoms with E-state index < -0.39 is 12.0 Å². The van der Waals surface area contributed by atoms with Crippen molar-refractivity contribution in [3.8, 4) is 5.75 Å². The SMILES string of the molecule is CCOC(=O)C1=C(c2ccccc2)N=c2s/c(=C\c3cccc(OCC)c3)c(=O)n2[C@H]1c1ccc(C(C)C)cc1. The molecule has 1 atom stereocenters. The average Bonchev–Trinajstić information content (AvgIpc) is 3.27. The van der Waals surface area contributed by atoms with Gasteiger partial charge in [0.05, 0.1) is 35.1 Å². The predicted molar refractivity (Wildman–Crippen MR) is 159 cm³/mol. The van der Waals surface area contributed by atoms with E-state index in [2.05, 4.69) is 26.0 Å². The fourth-order valence-corrected chi connectivity index (χ4v) is 5.83. The van der Waals surface area contributed by atoms with Gasteiger partial charge in [0.1, 0.15) is 5.75 Å². The summed E-state index contributed by atoms with van der Waals surface area (Å²) in [5, 5.41) is 0. The molecule has 4 aromatic rings. The summed E-state index contributed by atoms with van der Waals surface area (Å²) in [5.41, 5.74) is 4.29. The molecule has 0 amide bonds. The topological polar surface area (TPSA) is 69.9 Å². The Labute approximate surface area is 237 Å². The second kappa shape index (κ2) is 11.9. The van der Waals surface area contributed by atoms with Gasteiger partial charge in [-0.05, 0) is 54.7 Å². The minimum absolute atomic E-state index is 0.211. The van der Waals surface area contributed by atoms with Gasteiger partial charge in [-0.3, -0.25) is 9.36 Å².